The van der Waals surface area contributed by atoms with Crippen molar-refractivity contribution in [2.24, 2.45) is 5.92 Å². The van der Waals surface area contributed by atoms with Crippen LogP contribution in [0.3, 0.4) is 0 Å². The van der Waals surface area contributed by atoms with Gasteiger partial charge in [0.2, 0.25) is 17.7 Å². The highest BCUT2D eigenvalue weighted by atomic mass is 16.3. The van der Waals surface area contributed by atoms with Gasteiger partial charge in [-0.3, -0.25) is 4.79 Å². The lowest BCUT2D eigenvalue weighted by molar-refractivity contribution is -0.118. The summed E-state index contributed by atoms with van der Waals surface area (Å²) in [5.41, 5.74) is 7.47. The van der Waals surface area contributed by atoms with Crippen LogP contribution >= 0.6 is 0 Å². The molecule has 3 rings (SSSR count). The molecule has 0 radical (unpaired) electrons. The molecule has 1 aromatic carbocycles. The minimum atomic E-state index is -0.439. The van der Waals surface area contributed by atoms with Crippen LogP contribution in [0.15, 0.2) is 30.5 Å². The summed E-state index contributed by atoms with van der Waals surface area (Å²) in [6.07, 6.45) is 2.19. The molecule has 0 saturated heterocycles. The predicted molar refractivity (Wildman–Crippen MR) is 92.6 cm³/mol. The number of rotatable bonds is 3. The molecule has 7 heteroatoms. The molecule has 1 amide bonds. The number of nitrogens with zero attached hydrogens (tertiary/aromatic N) is 3. The lowest BCUT2D eigenvalue weighted by Crippen LogP contribution is -2.47. The Morgan fingerprint density at radius 3 is 2.92 bits per heavy atom. The SMILES string of the molecule is CCC(C)[C@H]1C(=O)Nc2ccccc2CN1c1ncc(N)c(O)n1. The summed E-state index contributed by atoms with van der Waals surface area (Å²) < 4.78 is 0. The Labute approximate surface area is 140 Å². The van der Waals surface area contributed by atoms with Gasteiger partial charge in [-0.1, -0.05) is 38.5 Å². The number of amides is 1. The molecule has 1 unspecified atom stereocenters. The maximum atomic E-state index is 12.8. The van der Waals surface area contributed by atoms with E-state index < -0.39 is 6.04 Å². The van der Waals surface area contributed by atoms with E-state index in [1.165, 1.54) is 6.20 Å². The third kappa shape index (κ3) is 2.84. The van der Waals surface area contributed by atoms with Crippen LogP contribution in [0, 0.1) is 5.92 Å². The van der Waals surface area contributed by atoms with Gasteiger partial charge in [-0.25, -0.2) is 4.98 Å². The normalized spacial score (nSPS) is 18.5. The number of benzene rings is 1. The van der Waals surface area contributed by atoms with Crippen molar-refractivity contribution in [1.29, 1.82) is 0 Å². The highest BCUT2D eigenvalue weighted by Gasteiger charge is 2.35. The number of hydrogen-bond donors (Lipinski definition) is 3. The van der Waals surface area contributed by atoms with E-state index in [1.54, 1.807) is 0 Å². The molecule has 0 bridgehead atoms. The molecule has 1 aromatic heterocycles. The number of hydrogen-bond acceptors (Lipinski definition) is 6. The van der Waals surface area contributed by atoms with Crippen LogP contribution in [0.5, 0.6) is 5.88 Å². The van der Waals surface area contributed by atoms with Crippen molar-refractivity contribution in [1.82, 2.24) is 9.97 Å². The summed E-state index contributed by atoms with van der Waals surface area (Å²) in [6, 6.07) is 7.21. The van der Waals surface area contributed by atoms with Crippen LogP contribution in [0.1, 0.15) is 25.8 Å². The molecular weight excluding hydrogens is 306 g/mol. The summed E-state index contributed by atoms with van der Waals surface area (Å²) in [4.78, 5) is 23.0. The Hall–Kier alpha value is -2.83. The molecule has 0 fully saturated rings. The molecule has 126 valence electrons. The van der Waals surface area contributed by atoms with Crippen molar-refractivity contribution in [2.75, 3.05) is 16.0 Å². The zero-order valence-electron chi connectivity index (χ0n) is 13.7. The van der Waals surface area contributed by atoms with Gasteiger partial charge in [0.25, 0.3) is 0 Å². The number of fused-ring (bicyclic) bond motifs is 1. The number of nitrogen functional groups attached to an aromatic ring is 1. The first-order valence-electron chi connectivity index (χ1n) is 7.98. The maximum Gasteiger partial charge on any atom is 0.247 e. The average molecular weight is 327 g/mol. The first-order valence-corrected chi connectivity index (χ1v) is 7.98. The second kappa shape index (κ2) is 6.35. The highest BCUT2D eigenvalue weighted by Crippen LogP contribution is 2.30. The van der Waals surface area contributed by atoms with Gasteiger partial charge < -0.3 is 21.1 Å². The van der Waals surface area contributed by atoms with Crippen LogP contribution in [0.4, 0.5) is 17.3 Å². The van der Waals surface area contributed by atoms with E-state index in [9.17, 15) is 9.90 Å². The Balaban J connectivity index is 2.09. The maximum absolute atomic E-state index is 12.8. The monoisotopic (exact) mass is 327 g/mol. The van der Waals surface area contributed by atoms with Gasteiger partial charge >= 0.3 is 0 Å². The lowest BCUT2D eigenvalue weighted by Gasteiger charge is -2.32. The van der Waals surface area contributed by atoms with Crippen LogP contribution in [0.25, 0.3) is 0 Å². The fourth-order valence-electron chi connectivity index (χ4n) is 2.91. The molecule has 0 saturated carbocycles. The number of carbonyl (C=O) groups excluding carboxylic acids is 1. The van der Waals surface area contributed by atoms with E-state index in [4.69, 9.17) is 5.73 Å². The van der Waals surface area contributed by atoms with Crippen LogP contribution in [-0.4, -0.2) is 27.0 Å². The topological polar surface area (TPSA) is 104 Å². The second-order valence-electron chi connectivity index (χ2n) is 6.05. The average Bonchev–Trinajstić information content (AvgIpc) is 2.72. The summed E-state index contributed by atoms with van der Waals surface area (Å²) in [6.45, 7) is 4.52. The van der Waals surface area contributed by atoms with E-state index in [2.05, 4.69) is 15.3 Å². The largest absolute Gasteiger partial charge is 0.492 e. The van der Waals surface area contributed by atoms with Gasteiger partial charge in [-0.2, -0.15) is 4.98 Å². The smallest absolute Gasteiger partial charge is 0.247 e. The molecule has 0 aliphatic carbocycles. The summed E-state index contributed by atoms with van der Waals surface area (Å²) in [5, 5.41) is 12.8. The van der Waals surface area contributed by atoms with Gasteiger partial charge in [0.15, 0.2) is 0 Å². The minimum absolute atomic E-state index is 0.0857. The number of aromatic nitrogens is 2. The van der Waals surface area contributed by atoms with Crippen molar-refractivity contribution in [3.63, 3.8) is 0 Å². The minimum Gasteiger partial charge on any atom is -0.492 e. The first-order chi connectivity index (χ1) is 11.5. The fraction of sp³-hybridized carbons (Fsp3) is 0.353. The van der Waals surface area contributed by atoms with Crippen LogP contribution in [0.2, 0.25) is 0 Å². The third-order valence-corrected chi connectivity index (χ3v) is 4.44. The molecule has 2 atom stereocenters. The van der Waals surface area contributed by atoms with Gasteiger partial charge in [0.05, 0.1) is 6.20 Å². The van der Waals surface area contributed by atoms with Gasteiger partial charge in [-0.05, 0) is 17.5 Å². The summed E-state index contributed by atoms with van der Waals surface area (Å²) in [5.74, 6) is -0.00322. The molecule has 1 aliphatic rings. The molecule has 1 aliphatic heterocycles. The molecule has 0 spiro atoms. The molecule has 2 heterocycles. The second-order valence-corrected chi connectivity index (χ2v) is 6.05. The van der Waals surface area contributed by atoms with E-state index in [1.807, 2.05) is 43.0 Å². The lowest BCUT2D eigenvalue weighted by atomic mass is 9.97. The Morgan fingerprint density at radius 2 is 2.21 bits per heavy atom. The molecule has 24 heavy (non-hydrogen) atoms. The van der Waals surface area contributed by atoms with E-state index >= 15 is 0 Å². The quantitative estimate of drug-likeness (QED) is 0.798. The third-order valence-electron chi connectivity index (χ3n) is 4.44. The molecular formula is C17H21N5O2. The predicted octanol–water partition coefficient (Wildman–Crippen LogP) is 2.14. The summed E-state index contributed by atoms with van der Waals surface area (Å²) >= 11 is 0. The number of anilines is 3. The number of nitrogens with one attached hydrogen (secondary N) is 1. The van der Waals surface area contributed by atoms with E-state index in [0.717, 1.165) is 17.7 Å². The number of nitrogens with two attached hydrogens (primary N) is 1. The number of aromatic hydroxyl groups is 1. The van der Waals surface area contributed by atoms with Gasteiger partial charge in [0.1, 0.15) is 11.7 Å². The molecule has 2 aromatic rings. The van der Waals surface area contributed by atoms with Crippen molar-refractivity contribution < 1.29 is 9.90 Å². The Kier molecular flexibility index (Phi) is 4.24. The Bertz CT molecular complexity index is 764. The number of carbonyl (C=O) groups is 1. The van der Waals surface area contributed by atoms with Gasteiger partial charge in [0, 0.05) is 12.2 Å². The van der Waals surface area contributed by atoms with Crippen molar-refractivity contribution in [3.05, 3.63) is 36.0 Å². The standard InChI is InChI=1S/C17H21N5O2/c1-3-10(2)14-16(24)20-13-7-5-4-6-11(13)9-22(14)17-19-8-12(18)15(23)21-17/h4-8,10,14H,3,9,18H2,1-2H3,(H,20,24)(H,19,21,23)/t10?,14-/m0/s1. The molecule has 7 nitrogen and oxygen atoms in total. The van der Waals surface area contributed by atoms with Crippen LogP contribution < -0.4 is 16.0 Å². The summed E-state index contributed by atoms with van der Waals surface area (Å²) in [7, 11) is 0. The van der Waals surface area contributed by atoms with Crippen molar-refractivity contribution >= 4 is 23.2 Å². The van der Waals surface area contributed by atoms with E-state index in [0.29, 0.717) is 12.5 Å². The zero-order valence-corrected chi connectivity index (χ0v) is 13.7. The zero-order chi connectivity index (χ0) is 17.3. The van der Waals surface area contributed by atoms with Gasteiger partial charge in [-0.15, -0.1) is 0 Å². The Morgan fingerprint density at radius 1 is 1.46 bits per heavy atom. The number of para-hydroxylation sites is 1. The molecule has 4 N–H and O–H groups in total. The van der Waals surface area contributed by atoms with Crippen molar-refractivity contribution in [2.45, 2.75) is 32.9 Å². The van der Waals surface area contributed by atoms with Crippen molar-refractivity contribution in [3.8, 4) is 5.88 Å². The highest BCUT2D eigenvalue weighted by molar-refractivity contribution is 5.98. The first kappa shape index (κ1) is 16.0. The van der Waals surface area contributed by atoms with Crippen LogP contribution in [-0.2, 0) is 11.3 Å². The fourth-order valence-corrected chi connectivity index (χ4v) is 2.91. The van der Waals surface area contributed by atoms with E-state index in [-0.39, 0.29) is 23.4 Å².